The van der Waals surface area contributed by atoms with Gasteiger partial charge in [-0.1, -0.05) is 20.8 Å². The molecule has 0 bridgehead atoms. The van der Waals surface area contributed by atoms with E-state index in [1.165, 1.54) is 4.90 Å². The molecule has 1 aliphatic heterocycles. The standard InChI is InChI=1S/C10H16ClNO3/c1-10(2,3)9(15)12-5-6(11)4-7(12)8(13)14/h6-7H,4-5H2,1-3H3,(H,13,14)/t6-,7+/m1/s1. The normalized spacial score (nSPS) is 26.8. The predicted octanol–water partition coefficient (Wildman–Crippen LogP) is 1.33. The van der Waals surface area contributed by atoms with Crippen LogP contribution in [0.3, 0.4) is 0 Å². The van der Waals surface area contributed by atoms with E-state index in [4.69, 9.17) is 16.7 Å². The van der Waals surface area contributed by atoms with E-state index in [-0.39, 0.29) is 11.3 Å². The van der Waals surface area contributed by atoms with E-state index >= 15 is 0 Å². The highest BCUT2D eigenvalue weighted by Gasteiger charge is 2.42. The van der Waals surface area contributed by atoms with Crippen LogP contribution in [0.2, 0.25) is 0 Å². The van der Waals surface area contributed by atoms with Crippen molar-refractivity contribution in [1.29, 1.82) is 0 Å². The van der Waals surface area contributed by atoms with Crippen molar-refractivity contribution in [3.05, 3.63) is 0 Å². The van der Waals surface area contributed by atoms with Crippen LogP contribution in [0.15, 0.2) is 0 Å². The lowest BCUT2D eigenvalue weighted by atomic mass is 9.94. The fraction of sp³-hybridized carbons (Fsp3) is 0.800. The molecule has 0 aromatic heterocycles. The van der Waals surface area contributed by atoms with Gasteiger partial charge in [-0.15, -0.1) is 11.6 Å². The number of carbonyl (C=O) groups is 2. The molecule has 1 heterocycles. The average molecular weight is 234 g/mol. The molecule has 1 aliphatic rings. The first kappa shape index (κ1) is 12.3. The van der Waals surface area contributed by atoms with Gasteiger partial charge in [-0.25, -0.2) is 4.79 Å². The Hall–Kier alpha value is -0.770. The minimum Gasteiger partial charge on any atom is -0.480 e. The quantitative estimate of drug-likeness (QED) is 0.695. The maximum absolute atomic E-state index is 11.9. The third kappa shape index (κ3) is 2.62. The van der Waals surface area contributed by atoms with Crippen LogP contribution in [0.1, 0.15) is 27.2 Å². The second-order valence-corrected chi connectivity index (χ2v) is 5.51. The molecular weight excluding hydrogens is 218 g/mol. The third-order valence-corrected chi connectivity index (χ3v) is 2.75. The Balaban J connectivity index is 2.85. The minimum atomic E-state index is -0.976. The van der Waals surface area contributed by atoms with Crippen molar-refractivity contribution in [2.45, 2.75) is 38.6 Å². The van der Waals surface area contributed by atoms with Gasteiger partial charge in [0.2, 0.25) is 5.91 Å². The SMILES string of the molecule is CC(C)(C)C(=O)N1C[C@H](Cl)C[C@H]1C(=O)O. The molecule has 1 amide bonds. The number of carbonyl (C=O) groups excluding carboxylic acids is 1. The molecule has 0 unspecified atom stereocenters. The second kappa shape index (κ2) is 4.00. The number of carboxylic acids is 1. The van der Waals surface area contributed by atoms with Gasteiger partial charge in [0.05, 0.1) is 5.38 Å². The molecule has 1 rings (SSSR count). The van der Waals surface area contributed by atoms with Crippen LogP contribution in [0.4, 0.5) is 0 Å². The first-order chi connectivity index (χ1) is 6.73. The number of hydrogen-bond acceptors (Lipinski definition) is 2. The number of likely N-dealkylation sites (tertiary alicyclic amines) is 1. The van der Waals surface area contributed by atoms with Crippen LogP contribution >= 0.6 is 11.6 Å². The summed E-state index contributed by atoms with van der Waals surface area (Å²) in [6, 6.07) is -0.765. The highest BCUT2D eigenvalue weighted by molar-refractivity contribution is 6.21. The summed E-state index contributed by atoms with van der Waals surface area (Å²) in [6.45, 7) is 5.65. The molecule has 4 nitrogen and oxygen atoms in total. The van der Waals surface area contributed by atoms with Crippen LogP contribution in [-0.4, -0.2) is 39.8 Å². The van der Waals surface area contributed by atoms with Crippen molar-refractivity contribution >= 4 is 23.5 Å². The highest BCUT2D eigenvalue weighted by atomic mass is 35.5. The van der Waals surface area contributed by atoms with Gasteiger partial charge in [-0.05, 0) is 6.42 Å². The van der Waals surface area contributed by atoms with Gasteiger partial charge in [0.1, 0.15) is 6.04 Å². The monoisotopic (exact) mass is 233 g/mol. The molecule has 0 radical (unpaired) electrons. The Kier molecular flexibility index (Phi) is 3.28. The maximum Gasteiger partial charge on any atom is 0.326 e. The van der Waals surface area contributed by atoms with Gasteiger partial charge in [0.25, 0.3) is 0 Å². The summed E-state index contributed by atoms with van der Waals surface area (Å²) >= 11 is 5.88. The molecule has 86 valence electrons. The molecule has 0 saturated carbocycles. The second-order valence-electron chi connectivity index (χ2n) is 4.89. The Morgan fingerprint density at radius 1 is 1.40 bits per heavy atom. The molecule has 1 fully saturated rings. The number of aliphatic carboxylic acids is 1. The lowest BCUT2D eigenvalue weighted by molar-refractivity contribution is -0.151. The first-order valence-corrected chi connectivity index (χ1v) is 5.35. The van der Waals surface area contributed by atoms with Crippen LogP contribution in [-0.2, 0) is 9.59 Å². The number of alkyl halides is 1. The smallest absolute Gasteiger partial charge is 0.326 e. The Labute approximate surface area is 94.2 Å². The largest absolute Gasteiger partial charge is 0.480 e. The lowest BCUT2D eigenvalue weighted by Crippen LogP contribution is -2.45. The highest BCUT2D eigenvalue weighted by Crippen LogP contribution is 2.27. The van der Waals surface area contributed by atoms with E-state index in [0.717, 1.165) is 0 Å². The number of nitrogens with zero attached hydrogens (tertiary/aromatic N) is 1. The van der Waals surface area contributed by atoms with Crippen molar-refractivity contribution in [2.24, 2.45) is 5.41 Å². The van der Waals surface area contributed by atoms with E-state index in [0.29, 0.717) is 13.0 Å². The van der Waals surface area contributed by atoms with Gasteiger partial charge in [0.15, 0.2) is 0 Å². The lowest BCUT2D eigenvalue weighted by Gasteiger charge is -2.28. The number of halogens is 1. The molecule has 0 spiro atoms. The van der Waals surface area contributed by atoms with E-state index in [1.807, 2.05) is 0 Å². The summed E-state index contributed by atoms with van der Waals surface area (Å²) in [5.74, 6) is -1.13. The Bertz CT molecular complexity index is 285. The van der Waals surface area contributed by atoms with Crippen molar-refractivity contribution in [3.8, 4) is 0 Å². The van der Waals surface area contributed by atoms with Crippen molar-refractivity contribution in [1.82, 2.24) is 4.90 Å². The Morgan fingerprint density at radius 2 is 1.93 bits per heavy atom. The van der Waals surface area contributed by atoms with Crippen molar-refractivity contribution < 1.29 is 14.7 Å². The van der Waals surface area contributed by atoms with Gasteiger partial charge < -0.3 is 10.0 Å². The zero-order valence-electron chi connectivity index (χ0n) is 9.16. The van der Waals surface area contributed by atoms with E-state index in [9.17, 15) is 9.59 Å². The number of amides is 1. The van der Waals surface area contributed by atoms with Crippen molar-refractivity contribution in [3.63, 3.8) is 0 Å². The van der Waals surface area contributed by atoms with Crippen LogP contribution < -0.4 is 0 Å². The summed E-state index contributed by atoms with van der Waals surface area (Å²) in [6.07, 6.45) is 0.332. The molecule has 1 N–H and O–H groups in total. The first-order valence-electron chi connectivity index (χ1n) is 4.91. The third-order valence-electron chi connectivity index (χ3n) is 2.44. The minimum absolute atomic E-state index is 0.155. The zero-order valence-corrected chi connectivity index (χ0v) is 9.91. The van der Waals surface area contributed by atoms with E-state index < -0.39 is 17.4 Å². The predicted molar refractivity (Wildman–Crippen MR) is 56.8 cm³/mol. The summed E-state index contributed by atoms with van der Waals surface area (Å²) in [5, 5.41) is 8.71. The molecule has 0 aromatic rings. The molecule has 5 heteroatoms. The fourth-order valence-electron chi connectivity index (χ4n) is 1.67. The molecule has 1 saturated heterocycles. The summed E-state index contributed by atoms with van der Waals surface area (Å²) < 4.78 is 0. The number of carboxylic acid groups (broad SMARTS) is 1. The molecule has 2 atom stereocenters. The topological polar surface area (TPSA) is 57.6 Å². The van der Waals surface area contributed by atoms with Crippen LogP contribution in [0, 0.1) is 5.41 Å². The Morgan fingerprint density at radius 3 is 2.33 bits per heavy atom. The summed E-state index contributed by atoms with van der Waals surface area (Å²) in [5.41, 5.74) is -0.561. The van der Waals surface area contributed by atoms with E-state index in [1.54, 1.807) is 20.8 Å². The molecule has 0 aromatic carbocycles. The zero-order chi connectivity index (χ0) is 11.8. The molecule has 15 heavy (non-hydrogen) atoms. The van der Waals surface area contributed by atoms with Gasteiger partial charge in [-0.2, -0.15) is 0 Å². The van der Waals surface area contributed by atoms with Gasteiger partial charge in [-0.3, -0.25) is 4.79 Å². The molecular formula is C10H16ClNO3. The number of rotatable bonds is 1. The summed E-state index contributed by atoms with van der Waals surface area (Å²) in [4.78, 5) is 24.2. The maximum atomic E-state index is 11.9. The molecule has 0 aliphatic carbocycles. The van der Waals surface area contributed by atoms with Crippen molar-refractivity contribution in [2.75, 3.05) is 6.54 Å². The fourth-order valence-corrected chi connectivity index (χ4v) is 1.99. The average Bonchev–Trinajstić information content (AvgIpc) is 2.44. The van der Waals surface area contributed by atoms with Gasteiger partial charge in [0, 0.05) is 12.0 Å². The van der Waals surface area contributed by atoms with E-state index in [2.05, 4.69) is 0 Å². The summed E-state index contributed by atoms with van der Waals surface area (Å²) in [7, 11) is 0. The van der Waals surface area contributed by atoms with Crippen LogP contribution in [0.5, 0.6) is 0 Å². The van der Waals surface area contributed by atoms with Crippen LogP contribution in [0.25, 0.3) is 0 Å². The van der Waals surface area contributed by atoms with Gasteiger partial charge >= 0.3 is 5.97 Å². The number of hydrogen-bond donors (Lipinski definition) is 1.